The van der Waals surface area contributed by atoms with E-state index in [9.17, 15) is 20.0 Å². The van der Waals surface area contributed by atoms with Gasteiger partial charge in [0, 0.05) is 17.2 Å². The maximum absolute atomic E-state index is 12.4. The normalized spacial score (nSPS) is 16.5. The van der Waals surface area contributed by atoms with Gasteiger partial charge in [0.15, 0.2) is 0 Å². The third kappa shape index (κ3) is 4.85. The summed E-state index contributed by atoms with van der Waals surface area (Å²) in [6.45, 7) is 1.80. The van der Waals surface area contributed by atoms with Crippen molar-refractivity contribution in [2.24, 2.45) is 4.99 Å². The molecule has 0 amide bonds. The summed E-state index contributed by atoms with van der Waals surface area (Å²) in [6, 6.07) is 12.6. The second-order valence-corrected chi connectivity index (χ2v) is 7.27. The first-order valence-electron chi connectivity index (χ1n) is 8.48. The maximum atomic E-state index is 12.4. The van der Waals surface area contributed by atoms with Crippen LogP contribution in [-0.2, 0) is 9.53 Å². The number of rotatable bonds is 5. The van der Waals surface area contributed by atoms with E-state index in [1.54, 1.807) is 49.4 Å². The van der Waals surface area contributed by atoms with Crippen LogP contribution >= 0.6 is 23.4 Å². The molecule has 0 saturated carbocycles. The zero-order valence-corrected chi connectivity index (χ0v) is 16.7. The van der Waals surface area contributed by atoms with Crippen molar-refractivity contribution in [3.63, 3.8) is 0 Å². The Morgan fingerprint density at radius 3 is 2.69 bits per heavy atom. The van der Waals surface area contributed by atoms with Crippen LogP contribution in [0.5, 0.6) is 0 Å². The van der Waals surface area contributed by atoms with E-state index in [1.807, 2.05) is 0 Å². The lowest BCUT2D eigenvalue weighted by atomic mass is 10.1. The number of benzene rings is 2. The second-order valence-electron chi connectivity index (χ2n) is 5.80. The van der Waals surface area contributed by atoms with Gasteiger partial charge < -0.3 is 9.84 Å². The fraction of sp³-hybridized carbons (Fsp3) is 0.100. The molecular weight excluding hydrogens is 416 g/mol. The average molecular weight is 431 g/mol. The Bertz CT molecular complexity index is 1060. The Labute approximate surface area is 175 Å². The van der Waals surface area contributed by atoms with E-state index in [-0.39, 0.29) is 28.7 Å². The van der Waals surface area contributed by atoms with Crippen molar-refractivity contribution >= 4 is 51.8 Å². The average Bonchev–Trinajstić information content (AvgIpc) is 2.99. The third-order valence-electron chi connectivity index (χ3n) is 3.81. The van der Waals surface area contributed by atoms with E-state index in [4.69, 9.17) is 16.3 Å². The number of hydrogen-bond acceptors (Lipinski definition) is 7. The molecule has 2 aromatic carbocycles. The molecule has 0 fully saturated rings. The van der Waals surface area contributed by atoms with Crippen molar-refractivity contribution in [3.8, 4) is 0 Å². The van der Waals surface area contributed by atoms with Crippen LogP contribution < -0.4 is 0 Å². The molecule has 2 aromatic rings. The molecule has 1 N–H and O–H groups in total. The molecule has 0 radical (unpaired) electrons. The molecular formula is C20H15ClN2O5S. The first kappa shape index (κ1) is 20.6. The van der Waals surface area contributed by atoms with Crippen LogP contribution in [0.4, 0.5) is 11.4 Å². The van der Waals surface area contributed by atoms with Crippen LogP contribution in [0.3, 0.4) is 0 Å². The van der Waals surface area contributed by atoms with Crippen LogP contribution in [0.1, 0.15) is 12.5 Å². The van der Waals surface area contributed by atoms with Crippen LogP contribution in [0.25, 0.3) is 6.08 Å². The van der Waals surface area contributed by atoms with Crippen molar-refractivity contribution < 1.29 is 19.6 Å². The Hall–Kier alpha value is -3.10. The molecule has 148 valence electrons. The Kier molecular flexibility index (Phi) is 6.36. The van der Waals surface area contributed by atoms with Gasteiger partial charge in [0.05, 0.1) is 22.1 Å². The number of aliphatic imine (C=N–C) groups is 1. The van der Waals surface area contributed by atoms with Crippen molar-refractivity contribution in [3.05, 3.63) is 85.5 Å². The van der Waals surface area contributed by atoms with E-state index >= 15 is 0 Å². The fourth-order valence-corrected chi connectivity index (χ4v) is 3.67. The van der Waals surface area contributed by atoms with Gasteiger partial charge in [-0.05, 0) is 42.8 Å². The van der Waals surface area contributed by atoms with Crippen LogP contribution in [0, 0.1) is 10.1 Å². The standard InChI is InChI=1S/C20H15ClN2O5S/c1-2-28-20(25)17-18(24)16(11-12-4-3-5-15(10-12)23(26)27)29-19(17)22-14-8-6-13(21)7-9-14/h3-11,24H,2H2,1H3. The molecule has 0 aromatic heterocycles. The maximum Gasteiger partial charge on any atom is 0.344 e. The number of thioether (sulfide) groups is 1. The van der Waals surface area contributed by atoms with Gasteiger partial charge in [0.1, 0.15) is 16.4 Å². The Morgan fingerprint density at radius 1 is 1.31 bits per heavy atom. The summed E-state index contributed by atoms with van der Waals surface area (Å²) in [5.74, 6) is -0.986. The largest absolute Gasteiger partial charge is 0.506 e. The first-order chi connectivity index (χ1) is 13.9. The zero-order chi connectivity index (χ0) is 21.0. The Balaban J connectivity index is 2.04. The van der Waals surface area contributed by atoms with E-state index in [0.717, 1.165) is 11.8 Å². The van der Waals surface area contributed by atoms with Crippen molar-refractivity contribution in [2.75, 3.05) is 6.61 Å². The Morgan fingerprint density at radius 2 is 2.03 bits per heavy atom. The summed E-state index contributed by atoms with van der Waals surface area (Å²) in [4.78, 5) is 27.6. The van der Waals surface area contributed by atoms with Gasteiger partial charge >= 0.3 is 5.97 Å². The molecule has 0 saturated heterocycles. The molecule has 3 rings (SSSR count). The van der Waals surface area contributed by atoms with Crippen molar-refractivity contribution in [1.29, 1.82) is 0 Å². The molecule has 0 aliphatic carbocycles. The van der Waals surface area contributed by atoms with Crippen LogP contribution in [0.2, 0.25) is 5.02 Å². The number of nitro benzene ring substituents is 1. The van der Waals surface area contributed by atoms with E-state index in [1.165, 1.54) is 12.1 Å². The summed E-state index contributed by atoms with van der Waals surface area (Å²) >= 11 is 6.96. The second kappa shape index (κ2) is 8.93. The number of hydrogen-bond donors (Lipinski definition) is 1. The van der Waals surface area contributed by atoms with Gasteiger partial charge in [-0.2, -0.15) is 0 Å². The topological polar surface area (TPSA) is 102 Å². The number of carbonyl (C=O) groups is 1. The summed E-state index contributed by atoms with van der Waals surface area (Å²) in [7, 11) is 0. The molecule has 9 heteroatoms. The minimum Gasteiger partial charge on any atom is -0.506 e. The summed E-state index contributed by atoms with van der Waals surface area (Å²) in [5.41, 5.74) is 0.919. The molecule has 0 bridgehead atoms. The number of carbonyl (C=O) groups excluding carboxylic acids is 1. The number of nitro groups is 1. The van der Waals surface area contributed by atoms with Crippen LogP contribution in [-0.4, -0.2) is 27.6 Å². The molecule has 1 heterocycles. The minimum atomic E-state index is -0.701. The number of halogens is 1. The number of aliphatic hydroxyl groups is 1. The first-order valence-corrected chi connectivity index (χ1v) is 9.68. The molecule has 29 heavy (non-hydrogen) atoms. The van der Waals surface area contributed by atoms with Crippen LogP contribution in [0.15, 0.2) is 69.8 Å². The lowest BCUT2D eigenvalue weighted by Crippen LogP contribution is -2.12. The molecule has 7 nitrogen and oxygen atoms in total. The summed E-state index contributed by atoms with van der Waals surface area (Å²) in [5, 5.41) is 22.4. The predicted molar refractivity (Wildman–Crippen MR) is 113 cm³/mol. The smallest absolute Gasteiger partial charge is 0.344 e. The number of nitrogens with zero attached hydrogens (tertiary/aromatic N) is 2. The number of ether oxygens (including phenoxy) is 1. The van der Waals surface area contributed by atoms with Gasteiger partial charge in [0.25, 0.3) is 5.69 Å². The van der Waals surface area contributed by atoms with Gasteiger partial charge in [0.2, 0.25) is 0 Å². The molecule has 1 aliphatic rings. The van der Waals surface area contributed by atoms with E-state index < -0.39 is 10.9 Å². The molecule has 0 spiro atoms. The highest BCUT2D eigenvalue weighted by atomic mass is 35.5. The third-order valence-corrected chi connectivity index (χ3v) is 5.08. The lowest BCUT2D eigenvalue weighted by Gasteiger charge is -2.03. The monoisotopic (exact) mass is 430 g/mol. The fourth-order valence-electron chi connectivity index (χ4n) is 2.50. The quantitative estimate of drug-likeness (QED) is 0.385. The lowest BCUT2D eigenvalue weighted by molar-refractivity contribution is -0.384. The summed E-state index contributed by atoms with van der Waals surface area (Å²) < 4.78 is 5.04. The highest BCUT2D eigenvalue weighted by Gasteiger charge is 2.33. The molecule has 1 aliphatic heterocycles. The molecule has 0 unspecified atom stereocenters. The highest BCUT2D eigenvalue weighted by molar-refractivity contribution is 8.18. The van der Waals surface area contributed by atoms with Gasteiger partial charge in [-0.25, -0.2) is 9.79 Å². The number of aliphatic hydroxyl groups excluding tert-OH is 1. The highest BCUT2D eigenvalue weighted by Crippen LogP contribution is 2.40. The van der Waals surface area contributed by atoms with Crippen molar-refractivity contribution in [1.82, 2.24) is 0 Å². The van der Waals surface area contributed by atoms with E-state index in [0.29, 0.717) is 21.2 Å². The zero-order valence-electron chi connectivity index (χ0n) is 15.2. The van der Waals surface area contributed by atoms with Gasteiger partial charge in [-0.1, -0.05) is 35.5 Å². The number of esters is 1. The minimum absolute atomic E-state index is 0.0523. The SMILES string of the molecule is CCOC(=O)C1=C(O)C(=Cc2cccc([N+](=O)[O-])c2)SC1=Nc1ccc(Cl)cc1. The molecule has 0 atom stereocenters. The van der Waals surface area contributed by atoms with Gasteiger partial charge in [-0.15, -0.1) is 0 Å². The summed E-state index contributed by atoms with van der Waals surface area (Å²) in [6.07, 6.45) is 1.55. The predicted octanol–water partition coefficient (Wildman–Crippen LogP) is 5.44. The van der Waals surface area contributed by atoms with E-state index in [2.05, 4.69) is 4.99 Å². The number of non-ortho nitro benzene ring substituents is 1. The van der Waals surface area contributed by atoms with Crippen molar-refractivity contribution in [2.45, 2.75) is 6.92 Å². The van der Waals surface area contributed by atoms with Gasteiger partial charge in [-0.3, -0.25) is 10.1 Å².